The Morgan fingerprint density at radius 1 is 1.47 bits per heavy atom. The lowest BCUT2D eigenvalue weighted by Gasteiger charge is -2.18. The summed E-state index contributed by atoms with van der Waals surface area (Å²) in [5, 5.41) is 6.37. The molecule has 1 aliphatic heterocycles. The topological polar surface area (TPSA) is 41.1 Å². The van der Waals surface area contributed by atoms with Gasteiger partial charge in [0.15, 0.2) is 0 Å². The van der Waals surface area contributed by atoms with E-state index in [-0.39, 0.29) is 11.9 Å². The molecular formula is C13H15BrN2O. The van der Waals surface area contributed by atoms with Gasteiger partial charge in [-0.15, -0.1) is 0 Å². The second kappa shape index (κ2) is 4.10. The molecule has 4 heteroatoms. The number of anilines is 1. The third-order valence-corrected chi connectivity index (χ3v) is 4.31. The molecule has 3 nitrogen and oxygen atoms in total. The average Bonchev–Trinajstić information content (AvgIpc) is 3.06. The van der Waals surface area contributed by atoms with Crippen LogP contribution in [0.3, 0.4) is 0 Å². The van der Waals surface area contributed by atoms with Crippen molar-refractivity contribution in [3.05, 3.63) is 28.2 Å². The Bertz CT molecular complexity index is 470. The first-order valence-electron chi connectivity index (χ1n) is 6.02. The molecule has 0 spiro atoms. The van der Waals surface area contributed by atoms with E-state index in [2.05, 4.69) is 33.5 Å². The molecule has 1 aliphatic carbocycles. The van der Waals surface area contributed by atoms with E-state index in [0.29, 0.717) is 6.04 Å². The van der Waals surface area contributed by atoms with Crippen molar-refractivity contribution >= 4 is 27.5 Å². The molecule has 1 saturated carbocycles. The van der Waals surface area contributed by atoms with Crippen molar-refractivity contribution in [3.63, 3.8) is 0 Å². The maximum Gasteiger partial charge on any atom is 0.246 e. The highest BCUT2D eigenvalue weighted by atomic mass is 79.9. The Kier molecular flexibility index (Phi) is 2.71. The van der Waals surface area contributed by atoms with Crippen LogP contribution in [0.25, 0.3) is 0 Å². The summed E-state index contributed by atoms with van der Waals surface area (Å²) in [6.45, 7) is 2.17. The molecule has 0 bridgehead atoms. The van der Waals surface area contributed by atoms with Gasteiger partial charge in [0.25, 0.3) is 0 Å². The fraction of sp³-hybridized carbons (Fsp3) is 0.462. The Morgan fingerprint density at radius 2 is 2.24 bits per heavy atom. The van der Waals surface area contributed by atoms with Crippen molar-refractivity contribution < 1.29 is 4.79 Å². The molecule has 1 fully saturated rings. The van der Waals surface area contributed by atoms with Gasteiger partial charge in [0, 0.05) is 21.8 Å². The third-order valence-electron chi connectivity index (χ3n) is 3.62. The van der Waals surface area contributed by atoms with Gasteiger partial charge in [0.1, 0.15) is 6.04 Å². The summed E-state index contributed by atoms with van der Waals surface area (Å²) in [7, 11) is 0. The molecule has 0 aromatic heterocycles. The predicted octanol–water partition coefficient (Wildman–Crippen LogP) is 2.83. The molecule has 2 unspecified atom stereocenters. The van der Waals surface area contributed by atoms with Crippen molar-refractivity contribution in [2.45, 2.75) is 31.8 Å². The zero-order valence-electron chi connectivity index (χ0n) is 9.66. The number of amides is 1. The summed E-state index contributed by atoms with van der Waals surface area (Å²) in [5.74, 6) is 0.800. The number of nitrogens with one attached hydrogen (secondary N) is 2. The lowest BCUT2D eigenvalue weighted by Crippen LogP contribution is -2.35. The Balaban J connectivity index is 1.87. The molecule has 2 atom stereocenters. The van der Waals surface area contributed by atoms with Gasteiger partial charge in [-0.1, -0.05) is 22.0 Å². The highest BCUT2D eigenvalue weighted by Crippen LogP contribution is 2.39. The molecule has 1 amide bonds. The number of rotatable bonds is 3. The summed E-state index contributed by atoms with van der Waals surface area (Å²) in [4.78, 5) is 12.0. The van der Waals surface area contributed by atoms with E-state index in [1.165, 1.54) is 12.8 Å². The fourth-order valence-electron chi connectivity index (χ4n) is 2.43. The first-order valence-corrected chi connectivity index (χ1v) is 6.81. The molecule has 1 aromatic carbocycles. The Labute approximate surface area is 109 Å². The van der Waals surface area contributed by atoms with Crippen LogP contribution >= 0.6 is 15.9 Å². The lowest BCUT2D eigenvalue weighted by molar-refractivity contribution is -0.117. The van der Waals surface area contributed by atoms with Crippen molar-refractivity contribution in [1.82, 2.24) is 5.32 Å². The monoisotopic (exact) mass is 294 g/mol. The Morgan fingerprint density at radius 3 is 2.94 bits per heavy atom. The number of hydrogen-bond acceptors (Lipinski definition) is 2. The molecule has 2 aliphatic rings. The van der Waals surface area contributed by atoms with Gasteiger partial charge in [-0.3, -0.25) is 10.1 Å². The molecular weight excluding hydrogens is 280 g/mol. The van der Waals surface area contributed by atoms with Gasteiger partial charge in [-0.2, -0.15) is 0 Å². The van der Waals surface area contributed by atoms with Crippen LogP contribution in [0, 0.1) is 5.92 Å². The van der Waals surface area contributed by atoms with E-state index >= 15 is 0 Å². The minimum absolute atomic E-state index is 0.0550. The summed E-state index contributed by atoms with van der Waals surface area (Å²) in [5.41, 5.74) is 1.97. The normalized spacial score (nSPS) is 24.4. The second-order valence-corrected chi connectivity index (χ2v) is 5.77. The summed E-state index contributed by atoms with van der Waals surface area (Å²) in [6.07, 6.45) is 2.57. The molecule has 1 aromatic rings. The largest absolute Gasteiger partial charge is 0.324 e. The van der Waals surface area contributed by atoms with Gasteiger partial charge >= 0.3 is 0 Å². The second-order valence-electron chi connectivity index (χ2n) is 4.92. The van der Waals surface area contributed by atoms with Crippen molar-refractivity contribution in [3.8, 4) is 0 Å². The average molecular weight is 295 g/mol. The van der Waals surface area contributed by atoms with Crippen molar-refractivity contribution in [1.29, 1.82) is 0 Å². The zero-order valence-corrected chi connectivity index (χ0v) is 11.3. The molecule has 2 N–H and O–H groups in total. The molecule has 90 valence electrons. The highest BCUT2D eigenvalue weighted by Gasteiger charge is 2.36. The van der Waals surface area contributed by atoms with E-state index in [9.17, 15) is 4.79 Å². The van der Waals surface area contributed by atoms with Gasteiger partial charge in [0.2, 0.25) is 5.91 Å². The minimum atomic E-state index is -0.212. The molecule has 17 heavy (non-hydrogen) atoms. The summed E-state index contributed by atoms with van der Waals surface area (Å²) >= 11 is 3.53. The van der Waals surface area contributed by atoms with E-state index in [4.69, 9.17) is 0 Å². The van der Waals surface area contributed by atoms with E-state index in [1.807, 2.05) is 18.2 Å². The summed E-state index contributed by atoms with van der Waals surface area (Å²) in [6, 6.07) is 6.06. The highest BCUT2D eigenvalue weighted by molar-refractivity contribution is 9.10. The van der Waals surface area contributed by atoms with E-state index in [1.54, 1.807) is 0 Å². The van der Waals surface area contributed by atoms with E-state index in [0.717, 1.165) is 21.6 Å². The third kappa shape index (κ3) is 2.00. The van der Waals surface area contributed by atoms with Gasteiger partial charge in [0.05, 0.1) is 0 Å². The molecule has 3 rings (SSSR count). The Hall–Kier alpha value is -0.870. The van der Waals surface area contributed by atoms with Gasteiger partial charge in [-0.05, 0) is 37.8 Å². The molecule has 1 heterocycles. The summed E-state index contributed by atoms with van der Waals surface area (Å²) < 4.78 is 0.994. The quantitative estimate of drug-likeness (QED) is 0.900. The van der Waals surface area contributed by atoms with Crippen LogP contribution in [-0.4, -0.2) is 11.9 Å². The van der Waals surface area contributed by atoms with Crippen LogP contribution in [0.1, 0.15) is 31.4 Å². The number of halogens is 1. The van der Waals surface area contributed by atoms with E-state index < -0.39 is 0 Å². The maximum atomic E-state index is 12.0. The molecule has 0 saturated heterocycles. The first-order chi connectivity index (χ1) is 8.16. The predicted molar refractivity (Wildman–Crippen MR) is 70.8 cm³/mol. The lowest BCUT2D eigenvalue weighted by atomic mass is 10.1. The maximum absolute atomic E-state index is 12.0. The van der Waals surface area contributed by atoms with Crippen LogP contribution in [0.5, 0.6) is 0 Å². The molecule has 0 radical (unpaired) electrons. The number of carbonyl (C=O) groups excluding carboxylic acids is 1. The first kappa shape index (κ1) is 11.2. The zero-order chi connectivity index (χ0) is 12.0. The number of carbonyl (C=O) groups is 1. The van der Waals surface area contributed by atoms with Crippen LogP contribution < -0.4 is 10.6 Å². The number of hydrogen-bond donors (Lipinski definition) is 2. The van der Waals surface area contributed by atoms with Crippen LogP contribution in [-0.2, 0) is 4.79 Å². The van der Waals surface area contributed by atoms with Crippen LogP contribution in [0.15, 0.2) is 22.7 Å². The fourth-order valence-corrected chi connectivity index (χ4v) is 3.02. The van der Waals surface area contributed by atoms with Crippen molar-refractivity contribution in [2.75, 3.05) is 5.32 Å². The van der Waals surface area contributed by atoms with Gasteiger partial charge in [-0.25, -0.2) is 0 Å². The number of fused-ring (bicyclic) bond motifs is 1. The van der Waals surface area contributed by atoms with Crippen molar-refractivity contribution in [2.24, 2.45) is 5.92 Å². The number of benzene rings is 1. The van der Waals surface area contributed by atoms with Crippen LogP contribution in [0.2, 0.25) is 0 Å². The minimum Gasteiger partial charge on any atom is -0.324 e. The smallest absolute Gasteiger partial charge is 0.246 e. The SMILES string of the molecule is CC(NC1C(=O)Nc2cccc(Br)c21)C1CC1. The van der Waals surface area contributed by atoms with Gasteiger partial charge < -0.3 is 5.32 Å². The van der Waals surface area contributed by atoms with Crippen LogP contribution in [0.4, 0.5) is 5.69 Å². The standard InChI is InChI=1S/C13H15BrN2O/c1-7(8-5-6-8)15-12-11-9(14)3-2-4-10(11)16-13(12)17/h2-4,7-8,12,15H,5-6H2,1H3,(H,16,17).